The summed E-state index contributed by atoms with van der Waals surface area (Å²) in [5.74, 6) is 1.84. The number of rotatable bonds is 5. The van der Waals surface area contributed by atoms with Crippen molar-refractivity contribution < 1.29 is 9.47 Å². The third-order valence-corrected chi connectivity index (χ3v) is 4.11. The van der Waals surface area contributed by atoms with Gasteiger partial charge in [0, 0.05) is 36.4 Å². The topological polar surface area (TPSA) is 69.2 Å². The summed E-state index contributed by atoms with van der Waals surface area (Å²) in [6.45, 7) is 6.19. The van der Waals surface area contributed by atoms with E-state index < -0.39 is 0 Å². The minimum absolute atomic E-state index is 0.371. The second kappa shape index (κ2) is 6.91. The molecule has 1 saturated heterocycles. The summed E-state index contributed by atoms with van der Waals surface area (Å²) in [4.78, 5) is 13.1. The number of aryl methyl sites for hydroxylation is 2. The van der Waals surface area contributed by atoms with Crippen molar-refractivity contribution in [2.24, 2.45) is 0 Å². The fraction of sp³-hybridized carbons (Fsp3) is 0.471. The molecule has 0 saturated carbocycles. The SMILES string of the molecule is COc1nc(C)cc(C)c1CNc1cc([C@@H]2CCOC2)ncn1. The first-order valence-corrected chi connectivity index (χ1v) is 7.82. The second-order valence-electron chi connectivity index (χ2n) is 5.81. The van der Waals surface area contributed by atoms with Crippen LogP contribution in [0.2, 0.25) is 0 Å². The summed E-state index contributed by atoms with van der Waals surface area (Å²) in [7, 11) is 1.65. The number of methoxy groups -OCH3 is 1. The maximum Gasteiger partial charge on any atom is 0.218 e. The molecule has 0 aliphatic carbocycles. The van der Waals surface area contributed by atoms with Crippen LogP contribution in [-0.2, 0) is 11.3 Å². The van der Waals surface area contributed by atoms with E-state index in [1.165, 1.54) is 0 Å². The third kappa shape index (κ3) is 3.59. The molecule has 0 bridgehead atoms. The fourth-order valence-corrected chi connectivity index (χ4v) is 2.85. The Hall–Kier alpha value is -2.21. The predicted molar refractivity (Wildman–Crippen MR) is 87.8 cm³/mol. The van der Waals surface area contributed by atoms with Crippen molar-refractivity contribution in [3.05, 3.63) is 41.0 Å². The number of hydrogen-bond donors (Lipinski definition) is 1. The summed E-state index contributed by atoms with van der Waals surface area (Å²) >= 11 is 0. The van der Waals surface area contributed by atoms with Crippen LogP contribution < -0.4 is 10.1 Å². The normalized spacial score (nSPS) is 17.3. The molecular weight excluding hydrogens is 292 g/mol. The van der Waals surface area contributed by atoms with Gasteiger partial charge in [0.15, 0.2) is 0 Å². The monoisotopic (exact) mass is 314 g/mol. The number of nitrogens with one attached hydrogen (secondary N) is 1. The lowest BCUT2D eigenvalue weighted by atomic mass is 10.0. The standard InChI is InChI=1S/C17H22N4O2/c1-11-6-12(2)21-17(22-3)14(11)8-18-16-7-15(19-10-20-16)13-4-5-23-9-13/h6-7,10,13H,4-5,8-9H2,1-3H3,(H,18,19,20)/t13-/m1/s1. The molecule has 1 N–H and O–H groups in total. The molecule has 0 spiro atoms. The maximum atomic E-state index is 5.43. The third-order valence-electron chi connectivity index (χ3n) is 4.11. The van der Waals surface area contributed by atoms with Crippen molar-refractivity contribution in [2.45, 2.75) is 32.7 Å². The van der Waals surface area contributed by atoms with Crippen molar-refractivity contribution >= 4 is 5.82 Å². The van der Waals surface area contributed by atoms with Crippen LogP contribution in [0.15, 0.2) is 18.5 Å². The quantitative estimate of drug-likeness (QED) is 0.915. The van der Waals surface area contributed by atoms with Crippen LogP contribution in [0.4, 0.5) is 5.82 Å². The smallest absolute Gasteiger partial charge is 0.218 e. The summed E-state index contributed by atoms with van der Waals surface area (Å²) in [5.41, 5.74) is 4.18. The van der Waals surface area contributed by atoms with Crippen LogP contribution in [0.1, 0.15) is 34.9 Å². The van der Waals surface area contributed by atoms with E-state index >= 15 is 0 Å². The van der Waals surface area contributed by atoms with E-state index in [1.807, 2.05) is 13.0 Å². The Morgan fingerprint density at radius 2 is 2.17 bits per heavy atom. The molecule has 3 heterocycles. The van der Waals surface area contributed by atoms with Gasteiger partial charge in [0.05, 0.1) is 19.4 Å². The number of anilines is 1. The van der Waals surface area contributed by atoms with Crippen molar-refractivity contribution in [1.29, 1.82) is 0 Å². The van der Waals surface area contributed by atoms with Gasteiger partial charge < -0.3 is 14.8 Å². The van der Waals surface area contributed by atoms with Gasteiger partial charge in [-0.1, -0.05) is 0 Å². The van der Waals surface area contributed by atoms with E-state index in [0.29, 0.717) is 18.3 Å². The van der Waals surface area contributed by atoms with E-state index in [-0.39, 0.29) is 0 Å². The Kier molecular flexibility index (Phi) is 4.71. The Labute approximate surface area is 136 Å². The molecule has 1 atom stereocenters. The molecule has 1 aliphatic rings. The van der Waals surface area contributed by atoms with Crippen molar-refractivity contribution in [2.75, 3.05) is 25.6 Å². The van der Waals surface area contributed by atoms with E-state index in [0.717, 1.165) is 48.0 Å². The molecule has 122 valence electrons. The molecule has 0 aromatic carbocycles. The summed E-state index contributed by atoms with van der Waals surface area (Å²) in [6, 6.07) is 4.06. The van der Waals surface area contributed by atoms with Gasteiger partial charge in [-0.2, -0.15) is 0 Å². The van der Waals surface area contributed by atoms with Crippen LogP contribution in [0.25, 0.3) is 0 Å². The highest BCUT2D eigenvalue weighted by atomic mass is 16.5. The molecule has 6 heteroatoms. The molecule has 6 nitrogen and oxygen atoms in total. The van der Waals surface area contributed by atoms with Crippen LogP contribution in [0, 0.1) is 13.8 Å². The van der Waals surface area contributed by atoms with Gasteiger partial charge in [0.1, 0.15) is 12.1 Å². The lowest BCUT2D eigenvalue weighted by Crippen LogP contribution is -2.08. The van der Waals surface area contributed by atoms with Gasteiger partial charge >= 0.3 is 0 Å². The summed E-state index contributed by atoms with van der Waals surface area (Å²) in [5, 5.41) is 3.35. The highest BCUT2D eigenvalue weighted by Gasteiger charge is 2.19. The largest absolute Gasteiger partial charge is 0.481 e. The zero-order chi connectivity index (χ0) is 16.2. The van der Waals surface area contributed by atoms with E-state index in [1.54, 1.807) is 13.4 Å². The Morgan fingerprint density at radius 3 is 2.91 bits per heavy atom. The van der Waals surface area contributed by atoms with E-state index in [9.17, 15) is 0 Å². The first-order chi connectivity index (χ1) is 11.2. The first kappa shape index (κ1) is 15.7. The van der Waals surface area contributed by atoms with Gasteiger partial charge in [0.2, 0.25) is 5.88 Å². The molecule has 23 heavy (non-hydrogen) atoms. The molecule has 1 aliphatic heterocycles. The Bertz CT molecular complexity index is 684. The minimum Gasteiger partial charge on any atom is -0.481 e. The molecular formula is C17H22N4O2. The number of hydrogen-bond acceptors (Lipinski definition) is 6. The Morgan fingerprint density at radius 1 is 1.30 bits per heavy atom. The maximum absolute atomic E-state index is 5.43. The number of pyridine rings is 1. The molecule has 0 radical (unpaired) electrons. The van der Waals surface area contributed by atoms with Crippen LogP contribution in [-0.4, -0.2) is 35.3 Å². The molecule has 3 rings (SSSR count). The lowest BCUT2D eigenvalue weighted by molar-refractivity contribution is 0.193. The first-order valence-electron chi connectivity index (χ1n) is 7.82. The van der Waals surface area contributed by atoms with Gasteiger partial charge in [-0.05, 0) is 31.9 Å². The highest BCUT2D eigenvalue weighted by Crippen LogP contribution is 2.25. The van der Waals surface area contributed by atoms with Gasteiger partial charge in [-0.3, -0.25) is 0 Å². The zero-order valence-electron chi connectivity index (χ0n) is 13.8. The molecule has 2 aromatic rings. The molecule has 0 unspecified atom stereocenters. The van der Waals surface area contributed by atoms with Gasteiger partial charge in [0.25, 0.3) is 0 Å². The number of ether oxygens (including phenoxy) is 2. The van der Waals surface area contributed by atoms with Crippen LogP contribution >= 0.6 is 0 Å². The number of nitrogens with zero attached hydrogens (tertiary/aromatic N) is 3. The van der Waals surface area contributed by atoms with Gasteiger partial charge in [-0.15, -0.1) is 0 Å². The zero-order valence-corrected chi connectivity index (χ0v) is 13.8. The predicted octanol–water partition coefficient (Wildman–Crippen LogP) is 2.61. The van der Waals surface area contributed by atoms with Crippen LogP contribution in [0.3, 0.4) is 0 Å². The highest BCUT2D eigenvalue weighted by molar-refractivity contribution is 5.42. The number of aromatic nitrogens is 3. The fourth-order valence-electron chi connectivity index (χ4n) is 2.85. The average molecular weight is 314 g/mol. The van der Waals surface area contributed by atoms with E-state index in [4.69, 9.17) is 9.47 Å². The average Bonchev–Trinajstić information content (AvgIpc) is 3.08. The van der Waals surface area contributed by atoms with Crippen LogP contribution in [0.5, 0.6) is 5.88 Å². The van der Waals surface area contributed by atoms with Crippen molar-refractivity contribution in [3.8, 4) is 5.88 Å². The molecule has 0 amide bonds. The van der Waals surface area contributed by atoms with E-state index in [2.05, 4.69) is 33.3 Å². The molecule has 1 fully saturated rings. The summed E-state index contributed by atoms with van der Waals surface area (Å²) in [6.07, 6.45) is 2.62. The van der Waals surface area contributed by atoms with Gasteiger partial charge in [-0.25, -0.2) is 15.0 Å². The second-order valence-corrected chi connectivity index (χ2v) is 5.81. The minimum atomic E-state index is 0.371. The van der Waals surface area contributed by atoms with Crippen molar-refractivity contribution in [3.63, 3.8) is 0 Å². The van der Waals surface area contributed by atoms with Crippen molar-refractivity contribution in [1.82, 2.24) is 15.0 Å². The Balaban J connectivity index is 1.75. The lowest BCUT2D eigenvalue weighted by Gasteiger charge is -2.14. The summed E-state index contributed by atoms with van der Waals surface area (Å²) < 4.78 is 10.8. The molecule has 2 aromatic heterocycles.